The van der Waals surface area contributed by atoms with Crippen molar-refractivity contribution >= 4 is 17.1 Å². The normalized spacial score (nSPS) is 20.8. The summed E-state index contributed by atoms with van der Waals surface area (Å²) >= 11 is 0. The standard InChI is InChI=1S/C48H41N/c1-30-14-13-27-48(30)40-20-11-8-17-37(40)45-41(48)21-12-22-44(45)49(31-23-25-35-33-15-6-9-18-38(33)46(2,3)42(35)28-31)32-24-26-36-34-16-7-10-19-39(34)47(4,5)43(36)29-32/h6-13,15-30H,14H2,1-5H3. The smallest absolute Gasteiger partial charge is 0.0543 e. The fourth-order valence-corrected chi connectivity index (χ4v) is 10.2. The van der Waals surface area contributed by atoms with Crippen molar-refractivity contribution in [2.24, 2.45) is 5.92 Å². The van der Waals surface area contributed by atoms with Gasteiger partial charge in [0.05, 0.1) is 5.69 Å². The Morgan fingerprint density at radius 3 is 1.53 bits per heavy atom. The quantitative estimate of drug-likeness (QED) is 0.176. The molecule has 0 fully saturated rings. The van der Waals surface area contributed by atoms with Gasteiger partial charge in [0.1, 0.15) is 0 Å². The van der Waals surface area contributed by atoms with E-state index in [4.69, 9.17) is 0 Å². The molecule has 1 heteroatoms. The lowest BCUT2D eigenvalue weighted by molar-refractivity contribution is 0.459. The Bertz CT molecular complexity index is 2300. The van der Waals surface area contributed by atoms with Gasteiger partial charge in [-0.05, 0) is 104 Å². The molecule has 4 aliphatic rings. The van der Waals surface area contributed by atoms with Crippen LogP contribution in [0.2, 0.25) is 0 Å². The zero-order chi connectivity index (χ0) is 33.3. The first kappa shape index (κ1) is 28.8. The highest BCUT2D eigenvalue weighted by molar-refractivity contribution is 5.97. The van der Waals surface area contributed by atoms with Gasteiger partial charge in [0.25, 0.3) is 0 Å². The minimum absolute atomic E-state index is 0.0887. The molecule has 0 saturated carbocycles. The summed E-state index contributed by atoms with van der Waals surface area (Å²) in [5.74, 6) is 0.497. The van der Waals surface area contributed by atoms with Crippen molar-refractivity contribution in [2.45, 2.75) is 57.3 Å². The molecule has 2 unspecified atom stereocenters. The SMILES string of the molecule is CC1CC=CC12c1ccccc1-c1c(N(c3ccc4c(c3)C(C)(C)c3ccccc3-4)c3ccc4c(c3)C(C)(C)c3ccccc3-4)cccc12. The molecule has 0 radical (unpaired) electrons. The van der Waals surface area contributed by atoms with Crippen LogP contribution in [0.3, 0.4) is 0 Å². The number of hydrogen-bond donors (Lipinski definition) is 0. The maximum absolute atomic E-state index is 2.57. The first-order valence-corrected chi connectivity index (χ1v) is 17.9. The Morgan fingerprint density at radius 1 is 0.490 bits per heavy atom. The molecule has 1 spiro atoms. The Kier molecular flexibility index (Phi) is 5.73. The Labute approximate surface area is 290 Å². The molecule has 0 heterocycles. The lowest BCUT2D eigenvalue weighted by Crippen LogP contribution is -2.27. The highest BCUT2D eigenvalue weighted by atomic mass is 15.1. The molecule has 2 atom stereocenters. The fraction of sp³-hybridized carbons (Fsp3) is 0.208. The summed E-state index contributed by atoms with van der Waals surface area (Å²) in [6, 6.07) is 48.6. The summed E-state index contributed by atoms with van der Waals surface area (Å²) in [7, 11) is 0. The van der Waals surface area contributed by atoms with Crippen molar-refractivity contribution in [1.29, 1.82) is 0 Å². The van der Waals surface area contributed by atoms with E-state index in [9.17, 15) is 0 Å². The van der Waals surface area contributed by atoms with Crippen LogP contribution in [0.4, 0.5) is 17.1 Å². The summed E-state index contributed by atoms with van der Waals surface area (Å²) in [4.78, 5) is 2.57. The molecular weight excluding hydrogens is 591 g/mol. The van der Waals surface area contributed by atoms with E-state index in [1.807, 2.05) is 0 Å². The molecule has 0 amide bonds. The van der Waals surface area contributed by atoms with Gasteiger partial charge in [-0.1, -0.05) is 144 Å². The minimum Gasteiger partial charge on any atom is -0.310 e. The lowest BCUT2D eigenvalue weighted by atomic mass is 9.71. The van der Waals surface area contributed by atoms with Crippen molar-refractivity contribution in [3.63, 3.8) is 0 Å². The van der Waals surface area contributed by atoms with E-state index in [2.05, 4.69) is 179 Å². The summed E-state index contributed by atoms with van der Waals surface area (Å²) in [6.45, 7) is 12.0. The van der Waals surface area contributed by atoms with Gasteiger partial charge in [-0.15, -0.1) is 0 Å². The van der Waals surface area contributed by atoms with Crippen LogP contribution in [0.25, 0.3) is 33.4 Å². The third-order valence-corrected chi connectivity index (χ3v) is 12.7. The largest absolute Gasteiger partial charge is 0.310 e. The number of benzene rings is 6. The lowest BCUT2D eigenvalue weighted by Gasteiger charge is -2.33. The summed E-state index contributed by atoms with van der Waals surface area (Å²) in [5, 5.41) is 0. The second-order valence-electron chi connectivity index (χ2n) is 15.8. The molecule has 4 aliphatic carbocycles. The van der Waals surface area contributed by atoms with Gasteiger partial charge in [0.15, 0.2) is 0 Å². The van der Waals surface area contributed by atoms with Crippen LogP contribution < -0.4 is 4.90 Å². The molecule has 238 valence electrons. The number of rotatable bonds is 3. The van der Waals surface area contributed by atoms with Crippen LogP contribution in [0, 0.1) is 5.92 Å². The molecule has 10 rings (SSSR count). The van der Waals surface area contributed by atoms with E-state index >= 15 is 0 Å². The summed E-state index contributed by atoms with van der Waals surface area (Å²) < 4.78 is 0. The average Bonchev–Trinajstić information content (AvgIpc) is 3.79. The van der Waals surface area contributed by atoms with Gasteiger partial charge in [-0.2, -0.15) is 0 Å². The molecule has 0 aliphatic heterocycles. The molecule has 49 heavy (non-hydrogen) atoms. The van der Waals surface area contributed by atoms with E-state index in [1.54, 1.807) is 0 Å². The van der Waals surface area contributed by atoms with Gasteiger partial charge in [-0.25, -0.2) is 0 Å². The molecular formula is C48H41N. The molecule has 0 saturated heterocycles. The monoisotopic (exact) mass is 631 g/mol. The molecule has 1 nitrogen and oxygen atoms in total. The van der Waals surface area contributed by atoms with Gasteiger partial charge >= 0.3 is 0 Å². The van der Waals surface area contributed by atoms with Crippen LogP contribution in [0.1, 0.15) is 74.4 Å². The van der Waals surface area contributed by atoms with Crippen LogP contribution >= 0.6 is 0 Å². The van der Waals surface area contributed by atoms with E-state index in [0.717, 1.165) is 6.42 Å². The Hall–Kier alpha value is -5.14. The topological polar surface area (TPSA) is 3.24 Å². The van der Waals surface area contributed by atoms with E-state index in [1.165, 1.54) is 83.8 Å². The zero-order valence-electron chi connectivity index (χ0n) is 29.0. The summed E-state index contributed by atoms with van der Waals surface area (Å²) in [5.41, 5.74) is 20.0. The fourth-order valence-electron chi connectivity index (χ4n) is 10.2. The number of hydrogen-bond acceptors (Lipinski definition) is 1. The Morgan fingerprint density at radius 2 is 0.980 bits per heavy atom. The number of allylic oxidation sites excluding steroid dienone is 2. The van der Waals surface area contributed by atoms with Crippen molar-refractivity contribution in [3.8, 4) is 33.4 Å². The van der Waals surface area contributed by atoms with Crippen LogP contribution in [0.5, 0.6) is 0 Å². The predicted molar refractivity (Wildman–Crippen MR) is 205 cm³/mol. The van der Waals surface area contributed by atoms with Gasteiger partial charge in [-0.3, -0.25) is 0 Å². The second-order valence-corrected chi connectivity index (χ2v) is 15.8. The highest BCUT2D eigenvalue weighted by Gasteiger charge is 2.48. The molecule has 0 N–H and O–H groups in total. The van der Waals surface area contributed by atoms with Crippen molar-refractivity contribution in [3.05, 3.63) is 173 Å². The van der Waals surface area contributed by atoms with Crippen LogP contribution in [-0.2, 0) is 16.2 Å². The maximum Gasteiger partial charge on any atom is 0.0543 e. The van der Waals surface area contributed by atoms with Crippen molar-refractivity contribution < 1.29 is 0 Å². The predicted octanol–water partition coefficient (Wildman–Crippen LogP) is 12.6. The molecule has 0 aromatic heterocycles. The first-order chi connectivity index (χ1) is 23.7. The average molecular weight is 632 g/mol. The molecule has 0 bridgehead atoms. The molecule has 6 aromatic carbocycles. The zero-order valence-corrected chi connectivity index (χ0v) is 29.0. The first-order valence-electron chi connectivity index (χ1n) is 17.9. The van der Waals surface area contributed by atoms with E-state index < -0.39 is 0 Å². The van der Waals surface area contributed by atoms with Crippen LogP contribution in [0.15, 0.2) is 140 Å². The third kappa shape index (κ3) is 3.61. The minimum atomic E-state index is -0.100. The number of fused-ring (bicyclic) bond motifs is 11. The van der Waals surface area contributed by atoms with E-state index in [0.29, 0.717) is 5.92 Å². The third-order valence-electron chi connectivity index (χ3n) is 12.7. The highest BCUT2D eigenvalue weighted by Crippen LogP contribution is 2.61. The van der Waals surface area contributed by atoms with Crippen molar-refractivity contribution in [1.82, 2.24) is 0 Å². The Balaban J connectivity index is 1.25. The number of anilines is 3. The number of nitrogens with zero attached hydrogens (tertiary/aromatic N) is 1. The van der Waals surface area contributed by atoms with Gasteiger partial charge < -0.3 is 4.90 Å². The molecule has 6 aromatic rings. The van der Waals surface area contributed by atoms with E-state index in [-0.39, 0.29) is 16.2 Å². The second kappa shape index (κ2) is 9.73. The van der Waals surface area contributed by atoms with Gasteiger partial charge in [0.2, 0.25) is 0 Å². The maximum atomic E-state index is 2.57. The summed E-state index contributed by atoms with van der Waals surface area (Å²) in [6.07, 6.45) is 6.00. The van der Waals surface area contributed by atoms with Gasteiger partial charge in [0, 0.05) is 33.2 Å². The van der Waals surface area contributed by atoms with Crippen molar-refractivity contribution in [2.75, 3.05) is 4.90 Å². The van der Waals surface area contributed by atoms with Crippen LogP contribution in [-0.4, -0.2) is 0 Å².